The first-order chi connectivity index (χ1) is 4.34. The second-order valence-electron chi connectivity index (χ2n) is 3.85. The molecule has 0 aromatic heterocycles. The van der Waals surface area contributed by atoms with Crippen LogP contribution >= 0.6 is 11.8 Å². The molecule has 0 aromatic rings. The van der Waals surface area contributed by atoms with E-state index in [4.69, 9.17) is 5.73 Å². The second kappa shape index (κ2) is 3.63. The van der Waals surface area contributed by atoms with Crippen molar-refractivity contribution in [2.45, 2.75) is 45.2 Å². The van der Waals surface area contributed by atoms with Gasteiger partial charge in [0.05, 0.1) is 0 Å². The quantitative estimate of drug-likeness (QED) is 0.630. The lowest BCUT2D eigenvalue weighted by atomic mass is 9.93. The predicted molar refractivity (Wildman–Crippen MR) is 50.2 cm³/mol. The van der Waals surface area contributed by atoms with E-state index in [1.807, 2.05) is 18.7 Å². The van der Waals surface area contributed by atoms with Crippen molar-refractivity contribution in [2.75, 3.05) is 0 Å². The van der Waals surface area contributed by atoms with Crippen LogP contribution in [-0.2, 0) is 0 Å². The monoisotopic (exact) mass is 161 g/mol. The van der Waals surface area contributed by atoms with Gasteiger partial charge in [-0.05, 0) is 12.3 Å². The second-order valence-corrected chi connectivity index (χ2v) is 5.57. The normalized spacial score (nSPS) is 18.6. The first-order valence-electron chi connectivity index (χ1n) is 3.75. The molecule has 2 unspecified atom stereocenters. The number of hydrogen-bond donors (Lipinski definition) is 1. The summed E-state index contributed by atoms with van der Waals surface area (Å²) in [6, 6.07) is 0. The molecule has 0 aliphatic carbocycles. The Morgan fingerprint density at radius 3 is 1.70 bits per heavy atom. The zero-order valence-electron chi connectivity index (χ0n) is 7.64. The summed E-state index contributed by atoms with van der Waals surface area (Å²) in [5, 5.41) is 0.890. The molecule has 0 aliphatic heterocycles. The summed E-state index contributed by atoms with van der Waals surface area (Å²) in [7, 11) is 0. The molecule has 0 aromatic carbocycles. The molecule has 62 valence electrons. The van der Waals surface area contributed by atoms with Gasteiger partial charge in [0.25, 0.3) is 0 Å². The van der Waals surface area contributed by atoms with E-state index in [9.17, 15) is 0 Å². The van der Waals surface area contributed by atoms with Crippen LogP contribution in [0.4, 0.5) is 0 Å². The van der Waals surface area contributed by atoms with Gasteiger partial charge >= 0.3 is 0 Å². The minimum absolute atomic E-state index is 0.259. The molecule has 10 heavy (non-hydrogen) atoms. The Morgan fingerprint density at radius 2 is 1.60 bits per heavy atom. The zero-order valence-corrected chi connectivity index (χ0v) is 8.46. The van der Waals surface area contributed by atoms with E-state index in [0.717, 1.165) is 0 Å². The summed E-state index contributed by atoms with van der Waals surface area (Å²) in [4.78, 5) is 0. The molecular weight excluding hydrogens is 142 g/mol. The van der Waals surface area contributed by atoms with Gasteiger partial charge in [-0.2, -0.15) is 0 Å². The van der Waals surface area contributed by atoms with Gasteiger partial charge in [0.2, 0.25) is 0 Å². The lowest BCUT2D eigenvalue weighted by Crippen LogP contribution is -2.24. The highest BCUT2D eigenvalue weighted by Crippen LogP contribution is 2.30. The molecule has 2 atom stereocenters. The minimum Gasteiger partial charge on any atom is -0.320 e. The van der Waals surface area contributed by atoms with Crippen molar-refractivity contribution in [1.29, 1.82) is 0 Å². The van der Waals surface area contributed by atoms with Gasteiger partial charge in [0.15, 0.2) is 0 Å². The van der Waals surface area contributed by atoms with E-state index in [1.54, 1.807) is 0 Å². The van der Waals surface area contributed by atoms with E-state index in [2.05, 4.69) is 27.7 Å². The molecule has 0 spiro atoms. The average molecular weight is 161 g/mol. The lowest BCUT2D eigenvalue weighted by molar-refractivity contribution is 0.410. The van der Waals surface area contributed by atoms with Gasteiger partial charge in [0, 0.05) is 10.6 Å². The summed E-state index contributed by atoms with van der Waals surface area (Å²) in [5.41, 5.74) is 6.03. The SMILES string of the molecule is CC(N)SC(C)C(C)(C)C. The molecule has 0 amide bonds. The summed E-state index contributed by atoms with van der Waals surface area (Å²) in [6.07, 6.45) is 0. The Kier molecular flexibility index (Phi) is 3.74. The van der Waals surface area contributed by atoms with Crippen molar-refractivity contribution in [2.24, 2.45) is 11.1 Å². The summed E-state index contributed by atoms with van der Waals surface area (Å²) in [6.45, 7) is 11.0. The van der Waals surface area contributed by atoms with Crippen LogP contribution in [0.2, 0.25) is 0 Å². The van der Waals surface area contributed by atoms with Crippen LogP contribution < -0.4 is 5.73 Å². The Morgan fingerprint density at radius 1 is 1.20 bits per heavy atom. The van der Waals surface area contributed by atoms with Crippen LogP contribution in [0.1, 0.15) is 34.6 Å². The highest BCUT2D eigenvalue weighted by atomic mass is 32.2. The van der Waals surface area contributed by atoms with Crippen molar-refractivity contribution in [3.8, 4) is 0 Å². The minimum atomic E-state index is 0.259. The van der Waals surface area contributed by atoms with Crippen molar-refractivity contribution >= 4 is 11.8 Å². The first kappa shape index (κ1) is 10.3. The van der Waals surface area contributed by atoms with Crippen LogP contribution in [0.25, 0.3) is 0 Å². The predicted octanol–water partition coefficient (Wildman–Crippen LogP) is 2.46. The number of rotatable bonds is 2. The van der Waals surface area contributed by atoms with Gasteiger partial charge in [-0.1, -0.05) is 27.7 Å². The zero-order chi connectivity index (χ0) is 8.36. The molecule has 2 N–H and O–H groups in total. The topological polar surface area (TPSA) is 26.0 Å². The first-order valence-corrected chi connectivity index (χ1v) is 4.69. The van der Waals surface area contributed by atoms with E-state index < -0.39 is 0 Å². The van der Waals surface area contributed by atoms with E-state index in [-0.39, 0.29) is 5.37 Å². The molecule has 0 bridgehead atoms. The third-order valence-corrected chi connectivity index (χ3v) is 3.18. The van der Waals surface area contributed by atoms with Gasteiger partial charge in [0.1, 0.15) is 0 Å². The fourth-order valence-electron chi connectivity index (χ4n) is 0.526. The number of thioether (sulfide) groups is 1. The average Bonchev–Trinajstić information content (AvgIpc) is 1.60. The summed E-state index contributed by atoms with van der Waals surface area (Å²) < 4.78 is 0. The van der Waals surface area contributed by atoms with Crippen molar-refractivity contribution < 1.29 is 0 Å². The van der Waals surface area contributed by atoms with Crippen molar-refractivity contribution in [1.82, 2.24) is 0 Å². The van der Waals surface area contributed by atoms with Crippen LogP contribution in [0, 0.1) is 5.41 Å². The van der Waals surface area contributed by atoms with Gasteiger partial charge in [-0.15, -0.1) is 11.8 Å². The Hall–Kier alpha value is 0.310. The molecule has 0 heterocycles. The lowest BCUT2D eigenvalue weighted by Gasteiger charge is -2.27. The third kappa shape index (κ3) is 4.18. The number of nitrogens with two attached hydrogens (primary N) is 1. The maximum absolute atomic E-state index is 5.65. The Balaban J connectivity index is 3.73. The standard InChI is InChI=1S/C8H19NS/c1-6(8(3,4)5)10-7(2)9/h6-7H,9H2,1-5H3. The Labute approximate surface area is 68.8 Å². The molecule has 0 fully saturated rings. The molecule has 0 rings (SSSR count). The largest absolute Gasteiger partial charge is 0.320 e. The van der Waals surface area contributed by atoms with Crippen LogP contribution in [0.3, 0.4) is 0 Å². The molecule has 0 saturated heterocycles. The molecule has 0 saturated carbocycles. The molecule has 2 heteroatoms. The van der Waals surface area contributed by atoms with Crippen molar-refractivity contribution in [3.05, 3.63) is 0 Å². The van der Waals surface area contributed by atoms with E-state index >= 15 is 0 Å². The maximum Gasteiger partial charge on any atom is 0.0481 e. The molecule has 0 radical (unpaired) electrons. The summed E-state index contributed by atoms with van der Waals surface area (Å²) in [5.74, 6) is 0. The molecular formula is C8H19NS. The van der Waals surface area contributed by atoms with Gasteiger partial charge in [-0.25, -0.2) is 0 Å². The molecule has 0 aliphatic rings. The highest BCUT2D eigenvalue weighted by molar-refractivity contribution is 8.00. The smallest absolute Gasteiger partial charge is 0.0481 e. The Bertz CT molecular complexity index is 93.9. The summed E-state index contributed by atoms with van der Waals surface area (Å²) >= 11 is 1.84. The van der Waals surface area contributed by atoms with Gasteiger partial charge < -0.3 is 5.73 Å². The number of hydrogen-bond acceptors (Lipinski definition) is 2. The molecule has 1 nitrogen and oxygen atoms in total. The fraction of sp³-hybridized carbons (Fsp3) is 1.00. The fourth-order valence-corrected chi connectivity index (χ4v) is 1.58. The highest BCUT2D eigenvalue weighted by Gasteiger charge is 2.20. The van der Waals surface area contributed by atoms with Crippen LogP contribution in [-0.4, -0.2) is 10.6 Å². The van der Waals surface area contributed by atoms with Crippen molar-refractivity contribution in [3.63, 3.8) is 0 Å². The van der Waals surface area contributed by atoms with Crippen LogP contribution in [0.15, 0.2) is 0 Å². The van der Waals surface area contributed by atoms with E-state index in [0.29, 0.717) is 10.7 Å². The van der Waals surface area contributed by atoms with E-state index in [1.165, 1.54) is 0 Å². The third-order valence-electron chi connectivity index (χ3n) is 1.64. The van der Waals surface area contributed by atoms with Gasteiger partial charge in [-0.3, -0.25) is 0 Å². The maximum atomic E-state index is 5.65. The van der Waals surface area contributed by atoms with Crippen LogP contribution in [0.5, 0.6) is 0 Å².